The highest BCUT2D eigenvalue weighted by atomic mass is 16.2. The second-order valence-corrected chi connectivity index (χ2v) is 8.08. The molecular formula is C17H25N5O3. The van der Waals surface area contributed by atoms with Crippen LogP contribution in [-0.4, -0.2) is 45.0 Å². The maximum Gasteiger partial charge on any atom is 0.325 e. The summed E-state index contributed by atoms with van der Waals surface area (Å²) in [4.78, 5) is 38.2. The zero-order chi connectivity index (χ0) is 18.2. The lowest BCUT2D eigenvalue weighted by Crippen LogP contribution is -2.50. The van der Waals surface area contributed by atoms with E-state index in [1.165, 1.54) is 12.4 Å². The highest BCUT2D eigenvalue weighted by Gasteiger charge is 2.53. The molecule has 0 bridgehead atoms. The number of rotatable bonds is 3. The highest BCUT2D eigenvalue weighted by molar-refractivity contribution is 6.10. The zero-order valence-corrected chi connectivity index (χ0v) is 14.9. The molecule has 136 valence electrons. The van der Waals surface area contributed by atoms with Crippen molar-refractivity contribution in [3.63, 3.8) is 0 Å². The van der Waals surface area contributed by atoms with Gasteiger partial charge in [0.15, 0.2) is 0 Å². The summed E-state index contributed by atoms with van der Waals surface area (Å²) in [6.07, 6.45) is 6.02. The maximum absolute atomic E-state index is 12.8. The smallest absolute Gasteiger partial charge is 0.323 e. The van der Waals surface area contributed by atoms with E-state index < -0.39 is 17.5 Å². The molecule has 1 aliphatic carbocycles. The Morgan fingerprint density at radius 1 is 1.36 bits per heavy atom. The van der Waals surface area contributed by atoms with Gasteiger partial charge in [0.1, 0.15) is 12.1 Å². The number of urea groups is 1. The topological polar surface area (TPSA) is 107 Å². The number of amides is 4. The molecule has 25 heavy (non-hydrogen) atoms. The second kappa shape index (κ2) is 6.16. The first-order chi connectivity index (χ1) is 11.7. The Morgan fingerprint density at radius 2 is 2.04 bits per heavy atom. The molecule has 1 saturated heterocycles. The average Bonchev–Trinajstić information content (AvgIpc) is 3.10. The molecule has 8 nitrogen and oxygen atoms in total. The highest BCUT2D eigenvalue weighted by Crippen LogP contribution is 2.43. The van der Waals surface area contributed by atoms with E-state index in [1.807, 2.05) is 0 Å². The van der Waals surface area contributed by atoms with Gasteiger partial charge in [0.2, 0.25) is 5.91 Å². The van der Waals surface area contributed by atoms with Gasteiger partial charge in [-0.25, -0.2) is 4.79 Å². The first kappa shape index (κ1) is 17.4. The summed E-state index contributed by atoms with van der Waals surface area (Å²) in [5, 5.41) is 11.8. The Balaban J connectivity index is 1.63. The van der Waals surface area contributed by atoms with Crippen molar-refractivity contribution in [3.05, 3.63) is 12.4 Å². The number of aromatic amines is 1. The summed E-state index contributed by atoms with van der Waals surface area (Å²) in [7, 11) is 0. The van der Waals surface area contributed by atoms with Gasteiger partial charge in [-0.05, 0) is 37.0 Å². The van der Waals surface area contributed by atoms with Crippen molar-refractivity contribution >= 4 is 23.5 Å². The molecule has 4 amide bonds. The maximum atomic E-state index is 12.8. The number of aromatic nitrogens is 2. The summed E-state index contributed by atoms with van der Waals surface area (Å²) >= 11 is 0. The molecule has 2 fully saturated rings. The molecule has 1 aromatic heterocycles. The number of nitrogens with one attached hydrogen (secondary N) is 3. The quantitative estimate of drug-likeness (QED) is 0.726. The molecule has 3 rings (SSSR count). The van der Waals surface area contributed by atoms with Gasteiger partial charge in [-0.15, -0.1) is 0 Å². The Bertz CT molecular complexity index is 669. The molecule has 0 aromatic carbocycles. The SMILES string of the molecule is CC(C)(C)C1CCC2(CC1)NC(=O)N(CC(=O)Nc1cn[nH]c1)C2=O. The van der Waals surface area contributed by atoms with E-state index in [9.17, 15) is 14.4 Å². The van der Waals surface area contributed by atoms with Gasteiger partial charge >= 0.3 is 6.03 Å². The molecule has 2 aliphatic rings. The van der Waals surface area contributed by atoms with Crippen LogP contribution in [0.4, 0.5) is 10.5 Å². The number of carbonyl (C=O) groups is 3. The van der Waals surface area contributed by atoms with Crippen LogP contribution in [0.3, 0.4) is 0 Å². The van der Waals surface area contributed by atoms with Crippen molar-refractivity contribution in [1.82, 2.24) is 20.4 Å². The van der Waals surface area contributed by atoms with Crippen molar-refractivity contribution in [2.24, 2.45) is 11.3 Å². The minimum atomic E-state index is -0.839. The molecule has 1 saturated carbocycles. The van der Waals surface area contributed by atoms with Crippen LogP contribution in [0.2, 0.25) is 0 Å². The summed E-state index contributed by atoms with van der Waals surface area (Å²) in [6, 6.07) is -0.485. The van der Waals surface area contributed by atoms with Crippen molar-refractivity contribution in [2.75, 3.05) is 11.9 Å². The van der Waals surface area contributed by atoms with Crippen LogP contribution < -0.4 is 10.6 Å². The average molecular weight is 347 g/mol. The molecular weight excluding hydrogens is 322 g/mol. The fourth-order valence-corrected chi connectivity index (χ4v) is 3.80. The van der Waals surface area contributed by atoms with Gasteiger partial charge in [-0.3, -0.25) is 19.6 Å². The third-order valence-corrected chi connectivity index (χ3v) is 5.39. The standard InChI is InChI=1S/C17H25N5O3/c1-16(2,3)11-4-6-17(7-5-11)14(24)22(15(25)21-17)10-13(23)20-12-8-18-19-9-12/h8-9,11H,4-7,10H2,1-3H3,(H,18,19)(H,20,23)(H,21,25). The van der Waals surface area contributed by atoms with Crippen molar-refractivity contribution in [3.8, 4) is 0 Å². The van der Waals surface area contributed by atoms with Gasteiger partial charge in [-0.1, -0.05) is 20.8 Å². The minimum absolute atomic E-state index is 0.192. The first-order valence-corrected chi connectivity index (χ1v) is 8.64. The van der Waals surface area contributed by atoms with Crippen LogP contribution >= 0.6 is 0 Å². The summed E-state index contributed by atoms with van der Waals surface area (Å²) in [5.74, 6) is -0.182. The van der Waals surface area contributed by atoms with Crippen molar-refractivity contribution in [1.29, 1.82) is 0 Å². The molecule has 1 spiro atoms. The van der Waals surface area contributed by atoms with Crippen molar-refractivity contribution in [2.45, 2.75) is 52.0 Å². The van der Waals surface area contributed by atoms with Gasteiger partial charge in [0.25, 0.3) is 5.91 Å². The van der Waals surface area contributed by atoms with Gasteiger partial charge < -0.3 is 10.6 Å². The number of imide groups is 1. The van der Waals surface area contributed by atoms with Crippen LogP contribution in [0.5, 0.6) is 0 Å². The molecule has 1 aliphatic heterocycles. The van der Waals surface area contributed by atoms with Crippen LogP contribution in [0.15, 0.2) is 12.4 Å². The number of anilines is 1. The Kier molecular flexibility index (Phi) is 4.30. The predicted octanol–water partition coefficient (Wildman–Crippen LogP) is 1.88. The largest absolute Gasteiger partial charge is 0.325 e. The van der Waals surface area contributed by atoms with E-state index in [2.05, 4.69) is 41.6 Å². The van der Waals surface area contributed by atoms with E-state index in [0.29, 0.717) is 24.4 Å². The Labute approximate surface area is 146 Å². The van der Waals surface area contributed by atoms with Crippen LogP contribution in [0, 0.1) is 11.3 Å². The van der Waals surface area contributed by atoms with Crippen LogP contribution in [0.25, 0.3) is 0 Å². The van der Waals surface area contributed by atoms with Gasteiger partial charge in [0, 0.05) is 6.20 Å². The zero-order valence-electron chi connectivity index (χ0n) is 14.9. The molecule has 3 N–H and O–H groups in total. The monoisotopic (exact) mass is 347 g/mol. The second-order valence-electron chi connectivity index (χ2n) is 8.08. The summed E-state index contributed by atoms with van der Waals surface area (Å²) in [5.41, 5.74) is -0.149. The Hall–Kier alpha value is -2.38. The lowest BCUT2D eigenvalue weighted by Gasteiger charge is -2.40. The number of carbonyl (C=O) groups excluding carboxylic acids is 3. The third-order valence-electron chi connectivity index (χ3n) is 5.39. The Morgan fingerprint density at radius 3 is 2.60 bits per heavy atom. The lowest BCUT2D eigenvalue weighted by molar-refractivity contribution is -0.135. The van der Waals surface area contributed by atoms with E-state index in [1.54, 1.807) is 0 Å². The summed E-state index contributed by atoms with van der Waals surface area (Å²) < 4.78 is 0. The van der Waals surface area contributed by atoms with E-state index >= 15 is 0 Å². The molecule has 0 radical (unpaired) electrons. The number of nitrogens with zero attached hydrogens (tertiary/aromatic N) is 2. The fraction of sp³-hybridized carbons (Fsp3) is 0.647. The number of H-pyrrole nitrogens is 1. The molecule has 0 unspecified atom stereocenters. The lowest BCUT2D eigenvalue weighted by atomic mass is 9.67. The van der Waals surface area contributed by atoms with Crippen LogP contribution in [0.1, 0.15) is 46.5 Å². The normalized spacial score (nSPS) is 26.8. The fourth-order valence-electron chi connectivity index (χ4n) is 3.80. The molecule has 0 atom stereocenters. The van der Waals surface area contributed by atoms with E-state index in [-0.39, 0.29) is 17.9 Å². The molecule has 1 aromatic rings. The predicted molar refractivity (Wildman–Crippen MR) is 91.6 cm³/mol. The first-order valence-electron chi connectivity index (χ1n) is 8.64. The summed E-state index contributed by atoms with van der Waals surface area (Å²) in [6.45, 7) is 6.33. The van der Waals surface area contributed by atoms with Crippen molar-refractivity contribution < 1.29 is 14.4 Å². The molecule has 2 heterocycles. The van der Waals surface area contributed by atoms with E-state index in [0.717, 1.165) is 17.7 Å². The van der Waals surface area contributed by atoms with Gasteiger partial charge in [-0.2, -0.15) is 5.10 Å². The van der Waals surface area contributed by atoms with E-state index in [4.69, 9.17) is 0 Å². The number of hydrogen-bond donors (Lipinski definition) is 3. The molecule has 8 heteroatoms. The third kappa shape index (κ3) is 3.38. The van der Waals surface area contributed by atoms with Crippen LogP contribution in [-0.2, 0) is 9.59 Å². The van der Waals surface area contributed by atoms with Gasteiger partial charge in [0.05, 0.1) is 11.9 Å². The minimum Gasteiger partial charge on any atom is -0.323 e. The number of hydrogen-bond acceptors (Lipinski definition) is 4.